The lowest BCUT2D eigenvalue weighted by Gasteiger charge is -2.41. The second kappa shape index (κ2) is 23.2. The summed E-state index contributed by atoms with van der Waals surface area (Å²) in [7, 11) is 1.29. The number of likely N-dealkylation sites (N-methyl/N-ethyl adjacent to an activating group) is 1. The monoisotopic (exact) mass is 917 g/mol. The number of hydrogen-bond donors (Lipinski definition) is 7. The summed E-state index contributed by atoms with van der Waals surface area (Å²) in [6.07, 6.45) is 3.45. The first-order valence-corrected chi connectivity index (χ1v) is 21.1. The Morgan fingerprint density at radius 3 is 2.11 bits per heavy atom. The van der Waals surface area contributed by atoms with Gasteiger partial charge in [-0.1, -0.05) is 51.1 Å². The Morgan fingerprint density at radius 2 is 1.50 bits per heavy atom. The molecule has 5 atom stereocenters. The number of pyridine rings is 1. The lowest BCUT2D eigenvalue weighted by molar-refractivity contribution is -0.180. The molecule has 0 aliphatic carbocycles. The number of aliphatic hydroxyl groups excluding tert-OH is 1. The molecular weight excluding hydrogens is 861 g/mol. The number of aromatic nitrogens is 2. The highest BCUT2D eigenvalue weighted by atomic mass is 19.1. The summed E-state index contributed by atoms with van der Waals surface area (Å²) in [4.78, 5) is 97.2. The van der Waals surface area contributed by atoms with Crippen molar-refractivity contribution in [1.82, 2.24) is 40.8 Å². The van der Waals surface area contributed by atoms with E-state index in [-0.39, 0.29) is 36.6 Å². The summed E-state index contributed by atoms with van der Waals surface area (Å²) in [5.74, 6) is -7.70. The van der Waals surface area contributed by atoms with Crippen molar-refractivity contribution in [3.63, 3.8) is 0 Å². The molecule has 0 bridgehead atoms. The quantitative estimate of drug-likeness (QED) is 0.0473. The second-order valence-corrected chi connectivity index (χ2v) is 16.8. The van der Waals surface area contributed by atoms with Gasteiger partial charge < -0.3 is 41.6 Å². The highest BCUT2D eigenvalue weighted by Gasteiger charge is 2.39. The number of nitrogens with one attached hydrogen (secondary N) is 4. The summed E-state index contributed by atoms with van der Waals surface area (Å²) in [5.41, 5.74) is 6.82. The van der Waals surface area contributed by atoms with Crippen LogP contribution in [0.15, 0.2) is 85.3 Å². The van der Waals surface area contributed by atoms with Crippen molar-refractivity contribution in [2.45, 2.75) is 90.6 Å². The number of nitrogens with two attached hydrogens (primary N) is 1. The average molecular weight is 918 g/mol. The molecular formula is C46H57F2N9O9. The van der Waals surface area contributed by atoms with Crippen LogP contribution in [0.2, 0.25) is 0 Å². The average Bonchev–Trinajstić information content (AvgIpc) is 3.68. The van der Waals surface area contributed by atoms with Crippen LogP contribution >= 0.6 is 0 Å². The zero-order valence-electron chi connectivity index (χ0n) is 37.6. The van der Waals surface area contributed by atoms with E-state index in [1.54, 1.807) is 29.0 Å². The number of primary amides is 1. The smallest absolute Gasteiger partial charge is 0.268 e. The van der Waals surface area contributed by atoms with Crippen molar-refractivity contribution in [3.05, 3.63) is 114 Å². The minimum atomic E-state index is -1.73. The summed E-state index contributed by atoms with van der Waals surface area (Å²) >= 11 is 0. The van der Waals surface area contributed by atoms with E-state index in [0.717, 1.165) is 30.7 Å². The number of amides is 7. The van der Waals surface area contributed by atoms with Crippen molar-refractivity contribution in [2.75, 3.05) is 20.2 Å². The van der Waals surface area contributed by atoms with E-state index < -0.39 is 102 Å². The molecule has 4 rings (SSSR count). The molecule has 20 heteroatoms. The highest BCUT2D eigenvalue weighted by molar-refractivity contribution is 5.97. The lowest BCUT2D eigenvalue weighted by atomic mass is 9.82. The van der Waals surface area contributed by atoms with Gasteiger partial charge in [-0.3, -0.25) is 43.8 Å². The zero-order chi connectivity index (χ0) is 48.9. The second-order valence-electron chi connectivity index (χ2n) is 16.8. The van der Waals surface area contributed by atoms with Gasteiger partial charge in [-0.15, -0.1) is 0 Å². The van der Waals surface area contributed by atoms with Crippen LogP contribution < -0.4 is 27.0 Å². The minimum absolute atomic E-state index is 0.0284. The van der Waals surface area contributed by atoms with E-state index in [9.17, 15) is 48.3 Å². The number of carbonyl (C=O) groups is 7. The van der Waals surface area contributed by atoms with E-state index in [0.29, 0.717) is 16.8 Å². The van der Waals surface area contributed by atoms with Crippen molar-refractivity contribution in [1.29, 1.82) is 0 Å². The van der Waals surface area contributed by atoms with Crippen LogP contribution in [0.3, 0.4) is 0 Å². The molecule has 2 aromatic carbocycles. The summed E-state index contributed by atoms with van der Waals surface area (Å²) in [5, 5.41) is 30.7. The fourth-order valence-corrected chi connectivity index (χ4v) is 7.33. The van der Waals surface area contributed by atoms with E-state index in [4.69, 9.17) is 5.73 Å². The Kier molecular flexibility index (Phi) is 18.1. The number of hydroxylamine groups is 2. The Labute approximate surface area is 380 Å². The van der Waals surface area contributed by atoms with E-state index in [2.05, 4.69) is 26.3 Å². The van der Waals surface area contributed by atoms with Crippen molar-refractivity contribution < 1.29 is 52.7 Å². The van der Waals surface area contributed by atoms with Crippen LogP contribution in [0.4, 0.5) is 8.78 Å². The van der Waals surface area contributed by atoms with Crippen LogP contribution in [0.1, 0.15) is 70.3 Å². The first kappa shape index (κ1) is 51.6. The van der Waals surface area contributed by atoms with Gasteiger partial charge in [0.15, 0.2) is 0 Å². The van der Waals surface area contributed by atoms with Gasteiger partial charge in [0.2, 0.25) is 35.4 Å². The van der Waals surface area contributed by atoms with Gasteiger partial charge in [0.25, 0.3) is 5.91 Å². The molecule has 0 spiro atoms. The van der Waals surface area contributed by atoms with Crippen LogP contribution in [-0.2, 0) is 46.5 Å². The van der Waals surface area contributed by atoms with E-state index >= 15 is 4.39 Å². The SMILES string of the molecule is CNC(=O)[C@H](CCN(C(=O)CO)[C@@H](c1cc(-c2cc(F)ccc2F)cn1Cc1ccccc1)C(C)(C)C)NC(=O)[C@H](CC(N)=O)NC(=O)[C@H](C)N(O)C(=O)[C@H](C)NC(=O)Cc1ccncc1. The molecule has 4 aromatic rings. The molecule has 7 amide bonds. The first-order valence-electron chi connectivity index (χ1n) is 21.1. The molecule has 0 saturated heterocycles. The molecule has 0 radical (unpaired) electrons. The number of carbonyl (C=O) groups excluding carboxylic acids is 7. The number of aliphatic hydroxyl groups is 1. The summed E-state index contributed by atoms with van der Waals surface area (Å²) in [6.45, 7) is 6.91. The van der Waals surface area contributed by atoms with Crippen molar-refractivity contribution >= 4 is 41.4 Å². The molecule has 0 unspecified atom stereocenters. The Morgan fingerprint density at radius 1 is 0.848 bits per heavy atom. The number of hydrogen-bond acceptors (Lipinski definition) is 10. The standard InChI is InChI=1S/C46H57F2N9O9/c1-27(52-39(60)20-29-14-17-51-18-15-29)45(65)57(66)28(2)42(62)54-36(23-38(49)59)44(64)53-35(43(63)50-6)16-19-56(40(61)26-58)41(46(3,4)5)37-21-31(33-22-32(47)12-13-34(33)48)25-55(37)24-30-10-8-7-9-11-30/h7-15,17-18,21-22,25,27-28,35-36,41,58,66H,16,19-20,23-24,26H2,1-6H3,(H2,49,59)(H,50,63)(H,52,60)(H,53,64)(H,54,62)/t27-,28-,35-,36-,41-/m0/s1. The Balaban J connectivity index is 1.58. The van der Waals surface area contributed by atoms with Gasteiger partial charge in [0.05, 0.1) is 18.9 Å². The third-order valence-electron chi connectivity index (χ3n) is 10.6. The van der Waals surface area contributed by atoms with Crippen LogP contribution in [0, 0.1) is 17.0 Å². The van der Waals surface area contributed by atoms with Crippen molar-refractivity contribution in [3.8, 4) is 11.1 Å². The maximum atomic E-state index is 15.2. The molecule has 0 aliphatic rings. The van der Waals surface area contributed by atoms with Gasteiger partial charge in [0.1, 0.15) is 42.4 Å². The molecule has 66 heavy (non-hydrogen) atoms. The maximum absolute atomic E-state index is 15.2. The number of halogens is 2. The molecule has 18 nitrogen and oxygen atoms in total. The summed E-state index contributed by atoms with van der Waals surface area (Å²) in [6, 6.07) is 10.1. The van der Waals surface area contributed by atoms with Crippen LogP contribution in [0.5, 0.6) is 0 Å². The predicted molar refractivity (Wildman–Crippen MR) is 236 cm³/mol. The van der Waals surface area contributed by atoms with Crippen molar-refractivity contribution in [2.24, 2.45) is 11.1 Å². The molecule has 2 heterocycles. The third kappa shape index (κ3) is 14.0. The molecule has 8 N–H and O–H groups in total. The largest absolute Gasteiger partial charge is 0.387 e. The van der Waals surface area contributed by atoms with E-state index in [1.807, 2.05) is 51.1 Å². The highest BCUT2D eigenvalue weighted by Crippen LogP contribution is 2.41. The third-order valence-corrected chi connectivity index (χ3v) is 10.6. The maximum Gasteiger partial charge on any atom is 0.268 e. The van der Waals surface area contributed by atoms with Gasteiger partial charge in [-0.2, -0.15) is 0 Å². The minimum Gasteiger partial charge on any atom is -0.387 e. The van der Waals surface area contributed by atoms with Crippen LogP contribution in [0.25, 0.3) is 11.1 Å². The van der Waals surface area contributed by atoms with Gasteiger partial charge in [-0.25, -0.2) is 13.8 Å². The molecule has 0 aliphatic heterocycles. The fourth-order valence-electron chi connectivity index (χ4n) is 7.33. The number of nitrogens with zero attached hydrogens (tertiary/aromatic N) is 4. The summed E-state index contributed by atoms with van der Waals surface area (Å²) < 4.78 is 31.5. The normalized spacial score (nSPS) is 13.5. The lowest BCUT2D eigenvalue weighted by Crippen LogP contribution is -2.58. The van der Waals surface area contributed by atoms with E-state index in [1.165, 1.54) is 31.3 Å². The van der Waals surface area contributed by atoms with Gasteiger partial charge >= 0.3 is 0 Å². The van der Waals surface area contributed by atoms with Crippen LogP contribution in [-0.4, -0.2) is 116 Å². The molecule has 2 aromatic heterocycles. The van der Waals surface area contributed by atoms with Gasteiger partial charge in [0, 0.05) is 55.5 Å². The predicted octanol–water partition coefficient (Wildman–Crippen LogP) is 2.12. The number of rotatable bonds is 21. The zero-order valence-corrected chi connectivity index (χ0v) is 37.6. The first-order chi connectivity index (χ1) is 31.1. The Bertz CT molecular complexity index is 2360. The topological polar surface area (TPSA) is 258 Å². The molecule has 354 valence electrons. The number of benzene rings is 2. The Hall–Kier alpha value is -7.06. The molecule has 0 saturated carbocycles. The molecule has 0 fully saturated rings. The fraction of sp³-hybridized carbons (Fsp3) is 0.391. The van der Waals surface area contributed by atoms with Gasteiger partial charge in [-0.05, 0) is 73.2 Å².